The molecule has 0 bridgehead atoms. The predicted molar refractivity (Wildman–Crippen MR) is 85.5 cm³/mol. The van der Waals surface area contributed by atoms with Crippen LogP contribution in [0.5, 0.6) is 0 Å². The van der Waals surface area contributed by atoms with E-state index in [-0.39, 0.29) is 35.6 Å². The van der Waals surface area contributed by atoms with Crippen LogP contribution in [0.25, 0.3) is 0 Å². The molecule has 0 radical (unpaired) electrons. The molecule has 118 valence electrons. The molecule has 1 aliphatic heterocycles. The monoisotopic (exact) mass is 314 g/mol. The number of benzene rings is 1. The summed E-state index contributed by atoms with van der Waals surface area (Å²) in [5, 5.41) is 6.38. The Labute approximate surface area is 132 Å². The molecule has 1 fully saturated rings. The zero-order valence-electron chi connectivity index (χ0n) is 12.8. The summed E-state index contributed by atoms with van der Waals surface area (Å²) in [5.74, 6) is -0.581. The van der Waals surface area contributed by atoms with Crippen LogP contribution in [-0.4, -0.2) is 25.0 Å². The van der Waals surface area contributed by atoms with E-state index in [2.05, 4.69) is 24.5 Å². The molecule has 1 amide bonds. The summed E-state index contributed by atoms with van der Waals surface area (Å²) in [6.07, 6.45) is 2.32. The standard InChI is InChI=1S/C16H23FN2O.ClH/c1-11-5-6-12(17)9-13(11)15(20)19-10-14-16(2,3)7-4-8-18-14;/h5-6,9,14,18H,4,7-8,10H2,1-3H3,(H,19,20);1H. The van der Waals surface area contributed by atoms with E-state index >= 15 is 0 Å². The van der Waals surface area contributed by atoms with Gasteiger partial charge in [0.2, 0.25) is 0 Å². The van der Waals surface area contributed by atoms with Gasteiger partial charge in [0.25, 0.3) is 5.91 Å². The van der Waals surface area contributed by atoms with E-state index in [0.717, 1.165) is 18.5 Å². The van der Waals surface area contributed by atoms with Gasteiger partial charge in [0, 0.05) is 18.2 Å². The van der Waals surface area contributed by atoms with Crippen molar-refractivity contribution in [3.05, 3.63) is 35.1 Å². The van der Waals surface area contributed by atoms with Crippen LogP contribution >= 0.6 is 12.4 Å². The number of halogens is 2. The van der Waals surface area contributed by atoms with Gasteiger partial charge in [-0.2, -0.15) is 0 Å². The highest BCUT2D eigenvalue weighted by molar-refractivity contribution is 5.95. The number of amides is 1. The first-order chi connectivity index (χ1) is 9.40. The van der Waals surface area contributed by atoms with Gasteiger partial charge in [-0.05, 0) is 49.4 Å². The first-order valence-electron chi connectivity index (χ1n) is 7.18. The third-order valence-corrected chi connectivity index (χ3v) is 4.24. The molecule has 1 aromatic rings. The van der Waals surface area contributed by atoms with Crippen LogP contribution in [0, 0.1) is 18.2 Å². The van der Waals surface area contributed by atoms with E-state index in [1.54, 1.807) is 6.07 Å². The van der Waals surface area contributed by atoms with Gasteiger partial charge < -0.3 is 10.6 Å². The zero-order valence-corrected chi connectivity index (χ0v) is 13.6. The summed E-state index contributed by atoms with van der Waals surface area (Å²) in [7, 11) is 0. The topological polar surface area (TPSA) is 41.1 Å². The Kier molecular flexibility index (Phi) is 6.17. The summed E-state index contributed by atoms with van der Waals surface area (Å²) in [4.78, 5) is 12.2. The van der Waals surface area contributed by atoms with Gasteiger partial charge in [0.05, 0.1) is 0 Å². The molecule has 0 spiro atoms. The van der Waals surface area contributed by atoms with Crippen LogP contribution in [-0.2, 0) is 0 Å². The molecule has 2 N–H and O–H groups in total. The minimum atomic E-state index is -0.378. The molecule has 5 heteroatoms. The van der Waals surface area contributed by atoms with Crippen LogP contribution in [0.15, 0.2) is 18.2 Å². The molecule has 1 saturated heterocycles. The van der Waals surface area contributed by atoms with Gasteiger partial charge >= 0.3 is 0 Å². The second-order valence-electron chi connectivity index (χ2n) is 6.27. The number of nitrogens with one attached hydrogen (secondary N) is 2. The third-order valence-electron chi connectivity index (χ3n) is 4.24. The molecule has 0 aliphatic carbocycles. The Morgan fingerprint density at radius 3 is 2.86 bits per heavy atom. The van der Waals surface area contributed by atoms with Crippen LogP contribution in [0.3, 0.4) is 0 Å². The maximum atomic E-state index is 13.2. The average Bonchev–Trinajstić information content (AvgIpc) is 2.39. The van der Waals surface area contributed by atoms with Crippen molar-refractivity contribution in [3.63, 3.8) is 0 Å². The van der Waals surface area contributed by atoms with Gasteiger partial charge in [-0.15, -0.1) is 12.4 Å². The molecule has 1 unspecified atom stereocenters. The first-order valence-corrected chi connectivity index (χ1v) is 7.18. The summed E-state index contributed by atoms with van der Waals surface area (Å²) in [5.41, 5.74) is 1.38. The van der Waals surface area contributed by atoms with E-state index in [4.69, 9.17) is 0 Å². The highest BCUT2D eigenvalue weighted by Crippen LogP contribution is 2.29. The van der Waals surface area contributed by atoms with Crippen molar-refractivity contribution in [3.8, 4) is 0 Å². The van der Waals surface area contributed by atoms with Crippen molar-refractivity contribution >= 4 is 18.3 Å². The van der Waals surface area contributed by atoms with E-state index in [9.17, 15) is 9.18 Å². The smallest absolute Gasteiger partial charge is 0.251 e. The summed E-state index contributed by atoms with van der Waals surface area (Å²) < 4.78 is 13.2. The van der Waals surface area contributed by atoms with Gasteiger partial charge in [0.15, 0.2) is 0 Å². The number of rotatable bonds is 3. The molecule has 2 rings (SSSR count). The van der Waals surface area contributed by atoms with Gasteiger partial charge in [-0.1, -0.05) is 19.9 Å². The van der Waals surface area contributed by atoms with Crippen LogP contribution in [0.1, 0.15) is 42.6 Å². The summed E-state index contributed by atoms with van der Waals surface area (Å²) >= 11 is 0. The van der Waals surface area contributed by atoms with Crippen molar-refractivity contribution in [2.45, 2.75) is 39.7 Å². The van der Waals surface area contributed by atoms with Crippen molar-refractivity contribution in [2.75, 3.05) is 13.1 Å². The lowest BCUT2D eigenvalue weighted by Crippen LogP contribution is -2.52. The quantitative estimate of drug-likeness (QED) is 0.900. The molecule has 21 heavy (non-hydrogen) atoms. The third kappa shape index (κ3) is 4.42. The van der Waals surface area contributed by atoms with Crippen LogP contribution in [0.2, 0.25) is 0 Å². The Bertz CT molecular complexity index is 505. The Balaban J connectivity index is 0.00000220. The van der Waals surface area contributed by atoms with Gasteiger partial charge in [0.1, 0.15) is 5.82 Å². The lowest BCUT2D eigenvalue weighted by Gasteiger charge is -2.39. The minimum absolute atomic E-state index is 0. The van der Waals surface area contributed by atoms with E-state index in [1.807, 2.05) is 6.92 Å². The summed E-state index contributed by atoms with van der Waals surface area (Å²) in [6.45, 7) is 7.80. The van der Waals surface area contributed by atoms with E-state index in [0.29, 0.717) is 12.1 Å². The maximum Gasteiger partial charge on any atom is 0.251 e. The average molecular weight is 315 g/mol. The van der Waals surface area contributed by atoms with Gasteiger partial charge in [-0.25, -0.2) is 4.39 Å². The number of piperidine rings is 1. The fourth-order valence-electron chi connectivity index (χ4n) is 2.75. The van der Waals surface area contributed by atoms with Crippen LogP contribution < -0.4 is 10.6 Å². The first kappa shape index (κ1) is 17.9. The largest absolute Gasteiger partial charge is 0.350 e. The molecular weight excluding hydrogens is 291 g/mol. The normalized spacial score (nSPS) is 20.5. The molecule has 0 aromatic heterocycles. The Morgan fingerprint density at radius 2 is 2.19 bits per heavy atom. The lowest BCUT2D eigenvalue weighted by molar-refractivity contribution is 0.0928. The number of hydrogen-bond donors (Lipinski definition) is 2. The predicted octanol–water partition coefficient (Wildman–Crippen LogP) is 3.06. The highest BCUT2D eigenvalue weighted by Gasteiger charge is 2.32. The molecule has 0 saturated carbocycles. The zero-order chi connectivity index (χ0) is 14.8. The number of hydrogen-bond acceptors (Lipinski definition) is 2. The highest BCUT2D eigenvalue weighted by atomic mass is 35.5. The van der Waals surface area contributed by atoms with Gasteiger partial charge in [-0.3, -0.25) is 4.79 Å². The second-order valence-corrected chi connectivity index (χ2v) is 6.27. The number of carbonyl (C=O) groups is 1. The fraction of sp³-hybridized carbons (Fsp3) is 0.562. The van der Waals surface area contributed by atoms with Crippen molar-refractivity contribution in [1.29, 1.82) is 0 Å². The number of carbonyl (C=O) groups excluding carboxylic acids is 1. The molecular formula is C16H24ClFN2O. The molecule has 1 heterocycles. The van der Waals surface area contributed by atoms with Crippen LogP contribution in [0.4, 0.5) is 4.39 Å². The van der Waals surface area contributed by atoms with Crippen molar-refractivity contribution < 1.29 is 9.18 Å². The number of aryl methyl sites for hydroxylation is 1. The van der Waals surface area contributed by atoms with E-state index < -0.39 is 0 Å². The Hall–Kier alpha value is -1.13. The summed E-state index contributed by atoms with van der Waals surface area (Å²) in [6, 6.07) is 4.56. The lowest BCUT2D eigenvalue weighted by atomic mass is 9.77. The van der Waals surface area contributed by atoms with Crippen molar-refractivity contribution in [2.24, 2.45) is 5.41 Å². The fourth-order valence-corrected chi connectivity index (χ4v) is 2.75. The molecule has 1 aromatic carbocycles. The van der Waals surface area contributed by atoms with E-state index in [1.165, 1.54) is 18.6 Å². The molecule has 1 aliphatic rings. The molecule has 1 atom stereocenters. The Morgan fingerprint density at radius 1 is 1.48 bits per heavy atom. The molecule has 3 nitrogen and oxygen atoms in total. The maximum absolute atomic E-state index is 13.2. The second kappa shape index (κ2) is 7.23. The van der Waals surface area contributed by atoms with Crippen molar-refractivity contribution in [1.82, 2.24) is 10.6 Å². The minimum Gasteiger partial charge on any atom is -0.350 e. The SMILES string of the molecule is Cc1ccc(F)cc1C(=O)NCC1NCCCC1(C)C.Cl.